The van der Waals surface area contributed by atoms with Crippen LogP contribution >= 0.6 is 0 Å². The number of benzene rings is 1. The van der Waals surface area contributed by atoms with Crippen molar-refractivity contribution < 1.29 is 33.8 Å². The fourth-order valence-electron chi connectivity index (χ4n) is 1.16. The number of esters is 3. The second-order valence-electron chi connectivity index (χ2n) is 3.52. The molecule has 0 radical (unpaired) electrons. The van der Waals surface area contributed by atoms with Crippen LogP contribution in [0.3, 0.4) is 0 Å². The maximum absolute atomic E-state index is 11.5. The quantitative estimate of drug-likeness (QED) is 0.514. The second-order valence-corrected chi connectivity index (χ2v) is 3.52. The van der Waals surface area contributed by atoms with Gasteiger partial charge < -0.3 is 14.6 Å². The lowest BCUT2D eigenvalue weighted by atomic mass is 10.1. The van der Waals surface area contributed by atoms with Gasteiger partial charge in [-0.15, -0.1) is 0 Å². The number of hydrogen-bond acceptors (Lipinski definition) is 6. The number of carboxylic acid groups (broad SMARTS) is 1. The molecule has 1 aromatic rings. The lowest BCUT2D eigenvalue weighted by molar-refractivity contribution is -0.136. The highest BCUT2D eigenvalue weighted by Crippen LogP contribution is 2.12. The number of hydrogen-bond donors (Lipinski definition) is 1. The Morgan fingerprint density at radius 3 is 1.86 bits per heavy atom. The molecule has 112 valence electrons. The van der Waals surface area contributed by atoms with E-state index in [4.69, 9.17) is 9.90 Å². The van der Waals surface area contributed by atoms with Crippen LogP contribution in [-0.2, 0) is 19.1 Å². The minimum Gasteiger partial charge on any atom is -0.481 e. The van der Waals surface area contributed by atoms with E-state index in [0.29, 0.717) is 0 Å². The first-order valence-corrected chi connectivity index (χ1v) is 5.62. The zero-order valence-corrected chi connectivity index (χ0v) is 11.5. The highest BCUT2D eigenvalue weighted by Gasteiger charge is 2.19. The third-order valence-electron chi connectivity index (χ3n) is 1.79. The predicted octanol–water partition coefficient (Wildman–Crippen LogP) is 1.78. The summed E-state index contributed by atoms with van der Waals surface area (Å²) in [5.41, 5.74) is -0.0202. The maximum atomic E-state index is 11.5. The third-order valence-corrected chi connectivity index (χ3v) is 1.79. The smallest absolute Gasteiger partial charge is 0.346 e. The first-order chi connectivity index (χ1) is 9.79. The summed E-state index contributed by atoms with van der Waals surface area (Å²) in [6.07, 6.45) is 0.954. The van der Waals surface area contributed by atoms with Crippen molar-refractivity contribution in [1.29, 1.82) is 0 Å². The molecule has 7 heteroatoms. The Bertz CT molecular complexity index is 556. The van der Waals surface area contributed by atoms with E-state index in [0.717, 1.165) is 20.1 Å². The Morgan fingerprint density at radius 2 is 1.48 bits per heavy atom. The van der Waals surface area contributed by atoms with E-state index in [1.165, 1.54) is 12.1 Å². The van der Waals surface area contributed by atoms with E-state index in [1.807, 2.05) is 0 Å². The van der Waals surface area contributed by atoms with E-state index >= 15 is 0 Å². The van der Waals surface area contributed by atoms with E-state index in [9.17, 15) is 14.4 Å². The molecule has 0 saturated carbocycles. The summed E-state index contributed by atoms with van der Waals surface area (Å²) in [5, 5.41) is 7.42. The molecule has 1 rings (SSSR count). The number of carbonyl (C=O) groups is 4. The van der Waals surface area contributed by atoms with E-state index in [1.54, 1.807) is 12.1 Å². The molecule has 7 nitrogen and oxygen atoms in total. The summed E-state index contributed by atoms with van der Waals surface area (Å²) in [7, 11) is 0. The molecule has 1 N–H and O–H groups in total. The van der Waals surface area contributed by atoms with Gasteiger partial charge in [-0.2, -0.15) is 0 Å². The average Bonchev–Trinajstić information content (AvgIpc) is 2.37. The van der Waals surface area contributed by atoms with Crippen molar-refractivity contribution >= 4 is 23.9 Å². The van der Waals surface area contributed by atoms with Crippen LogP contribution in [0.4, 0.5) is 0 Å². The highest BCUT2D eigenvalue weighted by molar-refractivity contribution is 6.05. The maximum Gasteiger partial charge on any atom is 0.346 e. The molecular formula is C14H14O7. The molecule has 21 heavy (non-hydrogen) atoms. The summed E-state index contributed by atoms with van der Waals surface area (Å²) < 4.78 is 8.95. The largest absolute Gasteiger partial charge is 0.481 e. The molecule has 0 amide bonds. The minimum absolute atomic E-state index is 0.0126. The highest BCUT2D eigenvalue weighted by atomic mass is 16.6. The summed E-state index contributed by atoms with van der Waals surface area (Å²) >= 11 is 0. The number of ether oxygens (including phenoxy) is 2. The van der Waals surface area contributed by atoms with Gasteiger partial charge in [0.1, 0.15) is 0 Å². The molecule has 1 aromatic carbocycles. The molecule has 0 bridgehead atoms. The van der Waals surface area contributed by atoms with Gasteiger partial charge in [0.05, 0.1) is 17.4 Å². The van der Waals surface area contributed by atoms with Crippen molar-refractivity contribution in [2.45, 2.75) is 13.8 Å². The van der Waals surface area contributed by atoms with E-state index in [-0.39, 0.29) is 11.1 Å². The molecule has 0 fully saturated rings. The molecule has 0 aliphatic rings. The lowest BCUT2D eigenvalue weighted by Gasteiger charge is -2.05. The number of rotatable bonds is 3. The lowest BCUT2D eigenvalue weighted by Crippen LogP contribution is -2.14. The van der Waals surface area contributed by atoms with Gasteiger partial charge in [0.25, 0.3) is 5.97 Å². The minimum atomic E-state index is -0.894. The van der Waals surface area contributed by atoms with Gasteiger partial charge in [-0.25, -0.2) is 9.59 Å². The fourth-order valence-corrected chi connectivity index (χ4v) is 1.16. The first-order valence-electron chi connectivity index (χ1n) is 5.62. The van der Waals surface area contributed by atoms with Crippen molar-refractivity contribution in [1.82, 2.24) is 0 Å². The molecule has 0 saturated heterocycles. The molecule has 0 unspecified atom stereocenters. The summed E-state index contributed by atoms with van der Waals surface area (Å²) in [6.45, 7) is 5.42. The summed E-state index contributed by atoms with van der Waals surface area (Å²) in [5.74, 6) is -3.22. The summed E-state index contributed by atoms with van der Waals surface area (Å²) in [4.78, 5) is 42.6. The van der Waals surface area contributed by atoms with Gasteiger partial charge in [-0.05, 0) is 12.1 Å². The Labute approximate surface area is 120 Å². The van der Waals surface area contributed by atoms with Gasteiger partial charge >= 0.3 is 17.9 Å². The molecule has 0 heterocycles. The Kier molecular flexibility index (Phi) is 7.75. The van der Waals surface area contributed by atoms with Crippen molar-refractivity contribution in [2.75, 3.05) is 0 Å². The topological polar surface area (TPSA) is 107 Å². The van der Waals surface area contributed by atoms with Crippen molar-refractivity contribution in [3.63, 3.8) is 0 Å². The average molecular weight is 294 g/mol. The second kappa shape index (κ2) is 9.03. The number of carboxylic acids is 1. The van der Waals surface area contributed by atoms with Crippen LogP contribution in [0, 0.1) is 0 Å². The van der Waals surface area contributed by atoms with Gasteiger partial charge in [0.15, 0.2) is 0 Å². The van der Waals surface area contributed by atoms with Crippen LogP contribution in [-0.4, -0.2) is 29.0 Å². The molecule has 0 aliphatic carbocycles. The molecule has 0 aromatic heterocycles. The normalized spacial score (nSPS) is 8.67. The zero-order chi connectivity index (χ0) is 16.4. The monoisotopic (exact) mass is 294 g/mol. The fraction of sp³-hybridized carbons (Fsp3) is 0.143. The predicted molar refractivity (Wildman–Crippen MR) is 71.5 cm³/mol. The van der Waals surface area contributed by atoms with Gasteiger partial charge in [-0.3, -0.25) is 9.59 Å². The standard InChI is InChI=1S/C12H10O5.C2H4O2/c1-3-16-11(14)9-6-4-5-7-10(9)12(15)17-8(2)13;1-2(3)4/h3-7H,1H2,2H3;1H3,(H,3,4). The van der Waals surface area contributed by atoms with Crippen molar-refractivity contribution in [3.8, 4) is 0 Å². The third kappa shape index (κ3) is 7.26. The van der Waals surface area contributed by atoms with Crippen LogP contribution in [0.15, 0.2) is 37.1 Å². The Balaban J connectivity index is 0.000000885. The van der Waals surface area contributed by atoms with Crippen molar-refractivity contribution in [2.24, 2.45) is 0 Å². The van der Waals surface area contributed by atoms with Crippen LogP contribution in [0.2, 0.25) is 0 Å². The van der Waals surface area contributed by atoms with Gasteiger partial charge in [0, 0.05) is 13.8 Å². The zero-order valence-electron chi connectivity index (χ0n) is 11.5. The van der Waals surface area contributed by atoms with Crippen molar-refractivity contribution in [3.05, 3.63) is 48.2 Å². The molecule has 0 atom stereocenters. The van der Waals surface area contributed by atoms with Crippen LogP contribution in [0.5, 0.6) is 0 Å². The van der Waals surface area contributed by atoms with Crippen LogP contribution in [0.1, 0.15) is 34.6 Å². The van der Waals surface area contributed by atoms with Crippen LogP contribution < -0.4 is 0 Å². The van der Waals surface area contributed by atoms with E-state index in [2.05, 4.69) is 16.1 Å². The van der Waals surface area contributed by atoms with Crippen LogP contribution in [0.25, 0.3) is 0 Å². The first kappa shape index (κ1) is 18.0. The Morgan fingerprint density at radius 1 is 1.05 bits per heavy atom. The SMILES string of the molecule is C=COC(=O)c1ccccc1C(=O)OC(C)=O.CC(=O)O. The Hall–Kier alpha value is -2.96. The number of aliphatic carboxylic acids is 1. The van der Waals surface area contributed by atoms with E-state index < -0.39 is 23.9 Å². The molecule has 0 spiro atoms. The molecular weight excluding hydrogens is 280 g/mol. The molecule has 0 aliphatic heterocycles. The summed E-state index contributed by atoms with van der Waals surface area (Å²) in [6, 6.07) is 5.86. The number of carbonyl (C=O) groups excluding carboxylic acids is 3. The van der Waals surface area contributed by atoms with Gasteiger partial charge in [0.2, 0.25) is 0 Å². The van der Waals surface area contributed by atoms with Gasteiger partial charge in [-0.1, -0.05) is 18.7 Å².